The summed E-state index contributed by atoms with van der Waals surface area (Å²) in [5.41, 5.74) is 0. The molecule has 10 heavy (non-hydrogen) atoms. The van der Waals surface area contributed by atoms with Gasteiger partial charge in [-0.15, -0.1) is 0 Å². The van der Waals surface area contributed by atoms with Crippen LogP contribution in [0.4, 0.5) is 0 Å². The zero-order valence-electron chi connectivity index (χ0n) is 6.80. The smallest absolute Gasteiger partial charge is 0.0810 e. The first kappa shape index (κ1) is 8.02. The Hall–Kier alpha value is -0.0800. The van der Waals surface area contributed by atoms with Gasteiger partial charge in [0.2, 0.25) is 0 Å². The minimum absolute atomic E-state index is 0.355. The van der Waals surface area contributed by atoms with Crippen LogP contribution in [0.5, 0.6) is 0 Å². The SMILES string of the molecule is COCC1CC(C)CCO1. The van der Waals surface area contributed by atoms with E-state index in [1.54, 1.807) is 7.11 Å². The predicted molar refractivity (Wildman–Crippen MR) is 40.0 cm³/mol. The first-order chi connectivity index (χ1) is 4.83. The van der Waals surface area contributed by atoms with E-state index in [2.05, 4.69) is 6.92 Å². The van der Waals surface area contributed by atoms with Gasteiger partial charge in [0, 0.05) is 13.7 Å². The molecule has 0 bridgehead atoms. The zero-order valence-corrected chi connectivity index (χ0v) is 6.80. The van der Waals surface area contributed by atoms with Crippen molar-refractivity contribution in [3.8, 4) is 0 Å². The van der Waals surface area contributed by atoms with Gasteiger partial charge in [-0.2, -0.15) is 0 Å². The zero-order chi connectivity index (χ0) is 7.40. The third-order valence-corrected chi connectivity index (χ3v) is 1.98. The lowest BCUT2D eigenvalue weighted by molar-refractivity contribution is -0.0445. The van der Waals surface area contributed by atoms with Gasteiger partial charge < -0.3 is 9.47 Å². The molecule has 2 heteroatoms. The summed E-state index contributed by atoms with van der Waals surface area (Å²) in [5.74, 6) is 0.814. The third kappa shape index (κ3) is 2.27. The molecule has 60 valence electrons. The summed E-state index contributed by atoms with van der Waals surface area (Å²) >= 11 is 0. The average molecular weight is 144 g/mol. The highest BCUT2D eigenvalue weighted by Crippen LogP contribution is 2.18. The van der Waals surface area contributed by atoms with Crippen molar-refractivity contribution >= 4 is 0 Å². The van der Waals surface area contributed by atoms with Crippen LogP contribution in [0.15, 0.2) is 0 Å². The van der Waals surface area contributed by atoms with E-state index in [-0.39, 0.29) is 0 Å². The Balaban J connectivity index is 2.18. The molecule has 1 rings (SSSR count). The quantitative estimate of drug-likeness (QED) is 0.584. The van der Waals surface area contributed by atoms with Gasteiger partial charge in [-0.05, 0) is 18.8 Å². The van der Waals surface area contributed by atoms with Crippen molar-refractivity contribution in [3.63, 3.8) is 0 Å². The Labute approximate surface area is 62.5 Å². The Kier molecular flexibility index (Phi) is 3.16. The Morgan fingerprint density at radius 3 is 3.00 bits per heavy atom. The fourth-order valence-electron chi connectivity index (χ4n) is 1.37. The molecule has 0 spiro atoms. The van der Waals surface area contributed by atoms with E-state index in [1.165, 1.54) is 6.42 Å². The van der Waals surface area contributed by atoms with Crippen LogP contribution < -0.4 is 0 Å². The Morgan fingerprint density at radius 1 is 1.60 bits per heavy atom. The molecule has 0 radical (unpaired) electrons. The molecule has 1 aliphatic heterocycles. The van der Waals surface area contributed by atoms with E-state index in [1.807, 2.05) is 0 Å². The van der Waals surface area contributed by atoms with Gasteiger partial charge in [-0.25, -0.2) is 0 Å². The van der Waals surface area contributed by atoms with Crippen LogP contribution >= 0.6 is 0 Å². The molecule has 0 N–H and O–H groups in total. The molecule has 2 nitrogen and oxygen atoms in total. The van der Waals surface area contributed by atoms with E-state index >= 15 is 0 Å². The number of ether oxygens (including phenoxy) is 2. The highest BCUT2D eigenvalue weighted by molar-refractivity contribution is 4.67. The summed E-state index contributed by atoms with van der Waals surface area (Å²) in [6.45, 7) is 3.94. The lowest BCUT2D eigenvalue weighted by Crippen LogP contribution is -2.27. The monoisotopic (exact) mass is 144 g/mol. The van der Waals surface area contributed by atoms with Gasteiger partial charge >= 0.3 is 0 Å². The van der Waals surface area contributed by atoms with Crippen LogP contribution in [-0.4, -0.2) is 26.4 Å². The van der Waals surface area contributed by atoms with E-state index in [0.717, 1.165) is 25.6 Å². The predicted octanol–water partition coefficient (Wildman–Crippen LogP) is 1.45. The van der Waals surface area contributed by atoms with Crippen molar-refractivity contribution in [2.45, 2.75) is 25.9 Å². The van der Waals surface area contributed by atoms with Crippen molar-refractivity contribution in [2.75, 3.05) is 20.3 Å². The molecule has 1 saturated heterocycles. The number of rotatable bonds is 2. The second-order valence-corrected chi connectivity index (χ2v) is 3.08. The summed E-state index contributed by atoms with van der Waals surface area (Å²) in [6, 6.07) is 0. The maximum atomic E-state index is 5.46. The molecule has 0 aliphatic carbocycles. The first-order valence-corrected chi connectivity index (χ1v) is 3.93. The number of hydrogen-bond donors (Lipinski definition) is 0. The first-order valence-electron chi connectivity index (χ1n) is 3.93. The van der Waals surface area contributed by atoms with E-state index in [0.29, 0.717) is 6.10 Å². The van der Waals surface area contributed by atoms with Crippen LogP contribution in [0, 0.1) is 5.92 Å². The molecule has 1 heterocycles. The molecule has 1 fully saturated rings. The topological polar surface area (TPSA) is 18.5 Å². The fraction of sp³-hybridized carbons (Fsp3) is 1.00. The van der Waals surface area contributed by atoms with Gasteiger partial charge in [0.1, 0.15) is 0 Å². The van der Waals surface area contributed by atoms with Gasteiger partial charge in [0.15, 0.2) is 0 Å². The molecule has 0 amide bonds. The summed E-state index contributed by atoms with van der Waals surface area (Å²) in [7, 11) is 1.72. The standard InChI is InChI=1S/C8H16O2/c1-7-3-4-10-8(5-7)6-9-2/h7-8H,3-6H2,1-2H3. The van der Waals surface area contributed by atoms with Crippen molar-refractivity contribution in [1.82, 2.24) is 0 Å². The van der Waals surface area contributed by atoms with Crippen LogP contribution in [-0.2, 0) is 9.47 Å². The van der Waals surface area contributed by atoms with Gasteiger partial charge in [-0.3, -0.25) is 0 Å². The van der Waals surface area contributed by atoms with E-state index in [4.69, 9.17) is 9.47 Å². The van der Waals surface area contributed by atoms with E-state index in [9.17, 15) is 0 Å². The molecule has 0 aromatic heterocycles. The van der Waals surface area contributed by atoms with Crippen molar-refractivity contribution < 1.29 is 9.47 Å². The van der Waals surface area contributed by atoms with Crippen molar-refractivity contribution in [3.05, 3.63) is 0 Å². The summed E-state index contributed by atoms with van der Waals surface area (Å²) in [4.78, 5) is 0. The molecule has 0 saturated carbocycles. The van der Waals surface area contributed by atoms with Gasteiger partial charge in [0.25, 0.3) is 0 Å². The van der Waals surface area contributed by atoms with Gasteiger partial charge in [0.05, 0.1) is 12.7 Å². The number of hydrogen-bond acceptors (Lipinski definition) is 2. The normalized spacial score (nSPS) is 34.2. The largest absolute Gasteiger partial charge is 0.382 e. The lowest BCUT2D eigenvalue weighted by atomic mass is 9.98. The third-order valence-electron chi connectivity index (χ3n) is 1.98. The second kappa shape index (κ2) is 3.94. The summed E-state index contributed by atoms with van der Waals surface area (Å²) in [5, 5.41) is 0. The Bertz CT molecular complexity index is 91.3. The lowest BCUT2D eigenvalue weighted by Gasteiger charge is -2.26. The minimum atomic E-state index is 0.355. The number of methoxy groups -OCH3 is 1. The molecule has 2 unspecified atom stereocenters. The highest BCUT2D eigenvalue weighted by Gasteiger charge is 2.18. The summed E-state index contributed by atoms with van der Waals surface area (Å²) in [6.07, 6.45) is 2.72. The molecular formula is C8H16O2. The summed E-state index contributed by atoms with van der Waals surface area (Å²) < 4.78 is 10.5. The maximum absolute atomic E-state index is 5.46. The molecule has 0 aromatic carbocycles. The fourth-order valence-corrected chi connectivity index (χ4v) is 1.37. The van der Waals surface area contributed by atoms with Crippen LogP contribution in [0.2, 0.25) is 0 Å². The minimum Gasteiger partial charge on any atom is -0.382 e. The molecular weight excluding hydrogens is 128 g/mol. The Morgan fingerprint density at radius 2 is 2.40 bits per heavy atom. The van der Waals surface area contributed by atoms with E-state index < -0.39 is 0 Å². The molecule has 2 atom stereocenters. The van der Waals surface area contributed by atoms with Crippen LogP contribution in [0.3, 0.4) is 0 Å². The van der Waals surface area contributed by atoms with Crippen LogP contribution in [0.25, 0.3) is 0 Å². The average Bonchev–Trinajstić information content (AvgIpc) is 1.88. The van der Waals surface area contributed by atoms with Gasteiger partial charge in [-0.1, -0.05) is 6.92 Å². The maximum Gasteiger partial charge on any atom is 0.0810 e. The second-order valence-electron chi connectivity index (χ2n) is 3.08. The van der Waals surface area contributed by atoms with Crippen molar-refractivity contribution in [1.29, 1.82) is 0 Å². The molecule has 0 aromatic rings. The van der Waals surface area contributed by atoms with Crippen molar-refractivity contribution in [2.24, 2.45) is 5.92 Å². The molecule has 1 aliphatic rings. The van der Waals surface area contributed by atoms with Crippen LogP contribution in [0.1, 0.15) is 19.8 Å². The highest BCUT2D eigenvalue weighted by atomic mass is 16.5.